The summed E-state index contributed by atoms with van der Waals surface area (Å²) in [6, 6.07) is 2.98. The molecule has 1 aliphatic heterocycles. The normalized spacial score (nSPS) is 20.8. The van der Waals surface area contributed by atoms with E-state index in [4.69, 9.17) is 15.9 Å². The Bertz CT molecular complexity index is 560. The average molecular weight is 274 g/mol. The molecule has 2 rings (SSSR count). The van der Waals surface area contributed by atoms with E-state index in [1.165, 1.54) is 24.3 Å². The Balaban J connectivity index is 2.17. The molecule has 1 fully saturated rings. The van der Waals surface area contributed by atoms with Crippen LogP contribution >= 0.6 is 0 Å². The van der Waals surface area contributed by atoms with Crippen molar-refractivity contribution in [2.24, 2.45) is 0 Å². The van der Waals surface area contributed by atoms with Gasteiger partial charge in [0.1, 0.15) is 5.83 Å². The van der Waals surface area contributed by atoms with Gasteiger partial charge in [-0.15, -0.1) is 0 Å². The number of rotatable bonds is 2. The lowest BCUT2D eigenvalue weighted by atomic mass is 9.89. The standard InChI is InChI=1S/C14H16BFN2O2/c1-13(2)14(3,4)20-15(19-13)8-11(16)12-7-6-10(17-5)9-18-12/h6-9H,1-4H3/b11-8-. The summed E-state index contributed by atoms with van der Waals surface area (Å²) in [6.07, 6.45) is 1.33. The number of halogens is 1. The smallest absolute Gasteiger partial charge is 0.400 e. The molecule has 104 valence electrons. The Kier molecular flexibility index (Phi) is 3.68. The van der Waals surface area contributed by atoms with Crippen molar-refractivity contribution in [3.05, 3.63) is 41.4 Å². The first kappa shape index (κ1) is 14.7. The number of hydrogen-bond donors (Lipinski definition) is 0. The van der Waals surface area contributed by atoms with E-state index in [1.54, 1.807) is 0 Å². The molecule has 0 unspecified atom stereocenters. The first-order valence-electron chi connectivity index (χ1n) is 6.32. The van der Waals surface area contributed by atoms with Gasteiger partial charge in [0, 0.05) is 6.20 Å². The van der Waals surface area contributed by atoms with Crippen molar-refractivity contribution in [1.29, 1.82) is 0 Å². The largest absolute Gasteiger partial charge is 0.490 e. The summed E-state index contributed by atoms with van der Waals surface area (Å²) in [5.41, 5.74) is -0.477. The van der Waals surface area contributed by atoms with Gasteiger partial charge in [-0.25, -0.2) is 9.24 Å². The number of aromatic nitrogens is 1. The van der Waals surface area contributed by atoms with Gasteiger partial charge >= 0.3 is 7.12 Å². The topological polar surface area (TPSA) is 35.7 Å². The van der Waals surface area contributed by atoms with Gasteiger partial charge in [0.2, 0.25) is 5.69 Å². The summed E-state index contributed by atoms with van der Waals surface area (Å²) in [5.74, 6) is 0.733. The van der Waals surface area contributed by atoms with Crippen molar-refractivity contribution in [3.8, 4) is 0 Å². The summed E-state index contributed by atoms with van der Waals surface area (Å²) in [5, 5.41) is 0. The zero-order valence-corrected chi connectivity index (χ0v) is 12.0. The fraction of sp³-hybridized carbons (Fsp3) is 0.429. The zero-order chi connectivity index (χ0) is 15.0. The Morgan fingerprint density at radius 2 is 1.90 bits per heavy atom. The molecular weight excluding hydrogens is 258 g/mol. The summed E-state index contributed by atoms with van der Waals surface area (Å²) in [4.78, 5) is 7.10. The molecule has 0 radical (unpaired) electrons. The summed E-state index contributed by atoms with van der Waals surface area (Å²) < 4.78 is 25.5. The van der Waals surface area contributed by atoms with Crippen LogP contribution < -0.4 is 0 Å². The van der Waals surface area contributed by atoms with Crippen molar-refractivity contribution in [3.63, 3.8) is 0 Å². The van der Waals surface area contributed by atoms with Crippen LogP contribution in [0.25, 0.3) is 10.7 Å². The van der Waals surface area contributed by atoms with Gasteiger partial charge in [0.15, 0.2) is 0 Å². The second kappa shape index (κ2) is 5.00. The van der Waals surface area contributed by atoms with Gasteiger partial charge < -0.3 is 9.31 Å². The predicted molar refractivity (Wildman–Crippen MR) is 75.7 cm³/mol. The van der Waals surface area contributed by atoms with E-state index < -0.39 is 24.1 Å². The second-order valence-corrected chi connectivity index (χ2v) is 5.65. The van der Waals surface area contributed by atoms with Crippen LogP contribution in [0, 0.1) is 6.57 Å². The SMILES string of the molecule is [C-]#[N+]c1ccc(/C(F)=C/B2OC(C)(C)C(C)(C)O2)nc1. The van der Waals surface area contributed by atoms with Crippen molar-refractivity contribution >= 4 is 18.6 Å². The van der Waals surface area contributed by atoms with E-state index in [9.17, 15) is 4.39 Å². The minimum Gasteiger partial charge on any atom is -0.400 e. The van der Waals surface area contributed by atoms with Gasteiger partial charge in [-0.05, 0) is 39.7 Å². The van der Waals surface area contributed by atoms with Crippen LogP contribution in [-0.4, -0.2) is 23.3 Å². The highest BCUT2D eigenvalue weighted by atomic mass is 19.1. The lowest BCUT2D eigenvalue weighted by Gasteiger charge is -2.32. The Hall–Kier alpha value is -1.71. The van der Waals surface area contributed by atoms with Crippen molar-refractivity contribution in [1.82, 2.24) is 4.98 Å². The van der Waals surface area contributed by atoms with Gasteiger partial charge in [-0.3, -0.25) is 4.98 Å². The summed E-state index contributed by atoms with van der Waals surface area (Å²) >= 11 is 0. The van der Waals surface area contributed by atoms with E-state index in [2.05, 4.69) is 9.83 Å². The number of hydrogen-bond acceptors (Lipinski definition) is 3. The highest BCUT2D eigenvalue weighted by molar-refractivity contribution is 6.53. The lowest BCUT2D eigenvalue weighted by Crippen LogP contribution is -2.41. The highest BCUT2D eigenvalue weighted by Gasteiger charge is 2.50. The third-order valence-electron chi connectivity index (χ3n) is 3.68. The minimum atomic E-state index is -0.748. The molecule has 20 heavy (non-hydrogen) atoms. The summed E-state index contributed by atoms with van der Waals surface area (Å²) in [7, 11) is -0.748. The second-order valence-electron chi connectivity index (χ2n) is 5.65. The van der Waals surface area contributed by atoms with Crippen molar-refractivity contribution < 1.29 is 13.7 Å². The lowest BCUT2D eigenvalue weighted by molar-refractivity contribution is 0.00578. The first-order valence-corrected chi connectivity index (χ1v) is 6.32. The predicted octanol–water partition coefficient (Wildman–Crippen LogP) is 3.57. The third-order valence-corrected chi connectivity index (χ3v) is 3.68. The van der Waals surface area contributed by atoms with Crippen LogP contribution in [0.2, 0.25) is 0 Å². The van der Waals surface area contributed by atoms with Crippen molar-refractivity contribution in [2.75, 3.05) is 0 Å². The van der Waals surface area contributed by atoms with Crippen LogP contribution in [0.15, 0.2) is 24.3 Å². The number of nitrogens with zero attached hydrogens (tertiary/aromatic N) is 2. The monoisotopic (exact) mass is 274 g/mol. The molecule has 0 saturated carbocycles. The van der Waals surface area contributed by atoms with Crippen LogP contribution in [0.3, 0.4) is 0 Å². The quantitative estimate of drug-likeness (QED) is 0.611. The maximum Gasteiger partial charge on any atom is 0.490 e. The Labute approximate surface area is 118 Å². The van der Waals surface area contributed by atoms with E-state index in [-0.39, 0.29) is 5.69 Å². The van der Waals surface area contributed by atoms with Crippen LogP contribution in [0.1, 0.15) is 33.4 Å². The van der Waals surface area contributed by atoms with Crippen LogP contribution in [0.4, 0.5) is 10.1 Å². The molecule has 0 aliphatic carbocycles. The molecule has 0 aromatic carbocycles. The maximum absolute atomic E-state index is 14.1. The molecule has 6 heteroatoms. The molecule has 0 atom stereocenters. The van der Waals surface area contributed by atoms with E-state index in [0.717, 1.165) is 0 Å². The summed E-state index contributed by atoms with van der Waals surface area (Å²) in [6.45, 7) is 14.4. The van der Waals surface area contributed by atoms with Crippen LogP contribution in [0.5, 0.6) is 0 Å². The number of pyridine rings is 1. The molecular formula is C14H16BFN2O2. The Morgan fingerprint density at radius 1 is 1.30 bits per heavy atom. The zero-order valence-electron chi connectivity index (χ0n) is 12.0. The molecule has 0 N–H and O–H groups in total. The van der Waals surface area contributed by atoms with Gasteiger partial charge in [0.05, 0.1) is 23.5 Å². The first-order chi connectivity index (χ1) is 9.25. The van der Waals surface area contributed by atoms with Gasteiger partial charge in [0.25, 0.3) is 0 Å². The van der Waals surface area contributed by atoms with E-state index >= 15 is 0 Å². The average Bonchev–Trinajstić information content (AvgIpc) is 2.57. The molecule has 1 aliphatic rings. The molecule has 1 aromatic heterocycles. The maximum atomic E-state index is 14.1. The molecule has 2 heterocycles. The van der Waals surface area contributed by atoms with E-state index in [0.29, 0.717) is 5.69 Å². The highest BCUT2D eigenvalue weighted by Crippen LogP contribution is 2.37. The van der Waals surface area contributed by atoms with E-state index in [1.807, 2.05) is 27.7 Å². The fourth-order valence-electron chi connectivity index (χ4n) is 1.76. The molecule has 1 saturated heterocycles. The minimum absolute atomic E-state index is 0.159. The van der Waals surface area contributed by atoms with Gasteiger partial charge in [-0.2, -0.15) is 0 Å². The van der Waals surface area contributed by atoms with Crippen molar-refractivity contribution in [2.45, 2.75) is 38.9 Å². The molecule has 1 aromatic rings. The van der Waals surface area contributed by atoms with Crippen LogP contribution in [-0.2, 0) is 9.31 Å². The molecule has 0 spiro atoms. The van der Waals surface area contributed by atoms with Gasteiger partial charge in [-0.1, -0.05) is 6.07 Å². The Morgan fingerprint density at radius 3 is 2.35 bits per heavy atom. The molecule has 0 amide bonds. The third kappa shape index (κ3) is 2.74. The fourth-order valence-corrected chi connectivity index (χ4v) is 1.76. The molecule has 0 bridgehead atoms. The molecule has 4 nitrogen and oxygen atoms in total.